The number of hydrogen-bond acceptors (Lipinski definition) is 5. The summed E-state index contributed by atoms with van der Waals surface area (Å²) in [5, 5.41) is 4.32. The van der Waals surface area contributed by atoms with Crippen molar-refractivity contribution in [2.24, 2.45) is 5.10 Å². The molecule has 1 heterocycles. The summed E-state index contributed by atoms with van der Waals surface area (Å²) in [7, 11) is -4.01. The summed E-state index contributed by atoms with van der Waals surface area (Å²) in [6.45, 7) is 3.03. The lowest BCUT2D eigenvalue weighted by atomic mass is 10.2. The van der Waals surface area contributed by atoms with E-state index in [1.165, 1.54) is 18.3 Å². The standard InChI is InChI=1S/C21H19BrClN3O4S/c1-14-10-16(23)8-9-20(14)26(31(28,29)18-6-4-3-5-7-18)13-21(27)25-24-12-17-11-19(22)15(2)30-17/h3-12H,13H2,1-2H3,(H,25,27)/b24-12-. The molecule has 1 N–H and O–H groups in total. The van der Waals surface area contributed by atoms with Crippen LogP contribution in [0.4, 0.5) is 5.69 Å². The Balaban J connectivity index is 1.87. The summed E-state index contributed by atoms with van der Waals surface area (Å²) in [5.74, 6) is 0.491. The zero-order valence-electron chi connectivity index (χ0n) is 16.7. The number of amides is 1. The highest BCUT2D eigenvalue weighted by Crippen LogP contribution is 2.28. The highest BCUT2D eigenvalue weighted by molar-refractivity contribution is 9.10. The highest BCUT2D eigenvalue weighted by Gasteiger charge is 2.28. The van der Waals surface area contributed by atoms with Crippen LogP contribution >= 0.6 is 27.5 Å². The lowest BCUT2D eigenvalue weighted by Crippen LogP contribution is -2.40. The van der Waals surface area contributed by atoms with Crippen molar-refractivity contribution in [1.82, 2.24) is 5.43 Å². The number of carbonyl (C=O) groups excluding carboxylic acids is 1. The topological polar surface area (TPSA) is 92.0 Å². The highest BCUT2D eigenvalue weighted by atomic mass is 79.9. The minimum atomic E-state index is -4.01. The number of rotatable bonds is 7. The largest absolute Gasteiger partial charge is 0.459 e. The van der Waals surface area contributed by atoms with Gasteiger partial charge in [-0.1, -0.05) is 29.8 Å². The molecule has 0 unspecified atom stereocenters. The van der Waals surface area contributed by atoms with E-state index in [0.717, 1.165) is 8.78 Å². The van der Waals surface area contributed by atoms with Gasteiger partial charge in [0.2, 0.25) is 0 Å². The molecule has 0 bridgehead atoms. The van der Waals surface area contributed by atoms with Gasteiger partial charge in [-0.2, -0.15) is 5.10 Å². The Labute approximate surface area is 193 Å². The van der Waals surface area contributed by atoms with Gasteiger partial charge in [0.1, 0.15) is 18.1 Å². The second-order valence-corrected chi connectivity index (χ2v) is 9.75. The van der Waals surface area contributed by atoms with Gasteiger partial charge in [-0.3, -0.25) is 9.10 Å². The van der Waals surface area contributed by atoms with Crippen molar-refractivity contribution in [2.75, 3.05) is 10.8 Å². The molecule has 3 aromatic rings. The van der Waals surface area contributed by atoms with Crippen molar-refractivity contribution >= 4 is 55.4 Å². The SMILES string of the molecule is Cc1cc(Cl)ccc1N(CC(=O)N/N=C\c1cc(Br)c(C)o1)S(=O)(=O)c1ccccc1. The van der Waals surface area contributed by atoms with E-state index < -0.39 is 22.5 Å². The first kappa shape index (κ1) is 23.1. The molecular weight excluding hydrogens is 506 g/mol. The molecule has 31 heavy (non-hydrogen) atoms. The first-order chi connectivity index (χ1) is 14.7. The number of hydrogen-bond donors (Lipinski definition) is 1. The maximum absolute atomic E-state index is 13.3. The summed E-state index contributed by atoms with van der Waals surface area (Å²) in [5.41, 5.74) is 3.29. The molecule has 3 rings (SSSR count). The average Bonchev–Trinajstić information content (AvgIpc) is 3.04. The Morgan fingerprint density at radius 2 is 1.90 bits per heavy atom. The van der Waals surface area contributed by atoms with Crippen molar-refractivity contribution < 1.29 is 17.6 Å². The Bertz CT molecular complexity index is 1210. The van der Waals surface area contributed by atoms with Gasteiger partial charge in [-0.25, -0.2) is 13.8 Å². The van der Waals surface area contributed by atoms with Gasteiger partial charge in [-0.05, 0) is 65.7 Å². The van der Waals surface area contributed by atoms with Crippen LogP contribution in [0.5, 0.6) is 0 Å². The predicted molar refractivity (Wildman–Crippen MR) is 124 cm³/mol. The lowest BCUT2D eigenvalue weighted by molar-refractivity contribution is -0.119. The number of carbonyl (C=O) groups is 1. The molecule has 10 heteroatoms. The smallest absolute Gasteiger partial charge is 0.264 e. The molecule has 0 fully saturated rings. The van der Waals surface area contributed by atoms with E-state index in [-0.39, 0.29) is 4.90 Å². The maximum atomic E-state index is 13.3. The molecule has 0 spiro atoms. The average molecular weight is 525 g/mol. The third kappa shape index (κ3) is 5.55. The molecule has 162 valence electrons. The van der Waals surface area contributed by atoms with E-state index in [4.69, 9.17) is 16.0 Å². The molecule has 0 aliphatic heterocycles. The first-order valence-electron chi connectivity index (χ1n) is 9.10. The number of sulfonamides is 1. The van der Waals surface area contributed by atoms with Crippen molar-refractivity contribution in [1.29, 1.82) is 0 Å². The fourth-order valence-electron chi connectivity index (χ4n) is 2.80. The van der Waals surface area contributed by atoms with Crippen LogP contribution in [-0.2, 0) is 14.8 Å². The van der Waals surface area contributed by atoms with E-state index in [9.17, 15) is 13.2 Å². The van der Waals surface area contributed by atoms with Crippen LogP contribution in [-0.4, -0.2) is 27.1 Å². The number of benzene rings is 2. The Hall–Kier alpha value is -2.62. The zero-order valence-corrected chi connectivity index (χ0v) is 19.8. The number of furan rings is 1. The monoisotopic (exact) mass is 523 g/mol. The Morgan fingerprint density at radius 1 is 1.19 bits per heavy atom. The summed E-state index contributed by atoms with van der Waals surface area (Å²) in [6, 6.07) is 14.4. The van der Waals surface area contributed by atoms with E-state index in [1.807, 2.05) is 0 Å². The lowest BCUT2D eigenvalue weighted by Gasteiger charge is -2.25. The molecule has 2 aromatic carbocycles. The van der Waals surface area contributed by atoms with E-state index >= 15 is 0 Å². The van der Waals surface area contributed by atoms with Crippen molar-refractivity contribution in [3.05, 3.63) is 81.2 Å². The second kappa shape index (κ2) is 9.67. The van der Waals surface area contributed by atoms with E-state index in [2.05, 4.69) is 26.5 Å². The summed E-state index contributed by atoms with van der Waals surface area (Å²) >= 11 is 9.35. The molecule has 7 nitrogen and oxygen atoms in total. The molecule has 0 aliphatic carbocycles. The number of aryl methyl sites for hydroxylation is 2. The molecule has 0 aliphatic rings. The van der Waals surface area contributed by atoms with Gasteiger partial charge < -0.3 is 4.42 Å². The number of nitrogens with zero attached hydrogens (tertiary/aromatic N) is 2. The van der Waals surface area contributed by atoms with Gasteiger partial charge in [0, 0.05) is 11.1 Å². The second-order valence-electron chi connectivity index (χ2n) is 6.60. The molecule has 1 aromatic heterocycles. The predicted octanol–water partition coefficient (Wildman–Crippen LogP) is 4.66. The van der Waals surface area contributed by atoms with Gasteiger partial charge in [-0.15, -0.1) is 0 Å². The van der Waals surface area contributed by atoms with Gasteiger partial charge in [0.05, 0.1) is 21.3 Å². The van der Waals surface area contributed by atoms with Crippen LogP contribution in [0.15, 0.2) is 73.5 Å². The number of halogens is 2. The van der Waals surface area contributed by atoms with Crippen LogP contribution in [0.1, 0.15) is 17.1 Å². The molecule has 0 saturated carbocycles. The first-order valence-corrected chi connectivity index (χ1v) is 11.7. The molecule has 0 radical (unpaired) electrons. The molecule has 1 amide bonds. The van der Waals surface area contributed by atoms with Crippen LogP contribution in [0.25, 0.3) is 0 Å². The van der Waals surface area contributed by atoms with Crippen molar-refractivity contribution in [2.45, 2.75) is 18.7 Å². The van der Waals surface area contributed by atoms with Crippen LogP contribution in [0, 0.1) is 13.8 Å². The summed E-state index contributed by atoms with van der Waals surface area (Å²) in [4.78, 5) is 12.6. The van der Waals surface area contributed by atoms with E-state index in [1.54, 1.807) is 56.3 Å². The molecular formula is C21H19BrClN3O4S. The van der Waals surface area contributed by atoms with E-state index in [0.29, 0.717) is 27.8 Å². The van der Waals surface area contributed by atoms with Crippen molar-refractivity contribution in [3.8, 4) is 0 Å². The van der Waals surface area contributed by atoms with Gasteiger partial charge >= 0.3 is 0 Å². The van der Waals surface area contributed by atoms with Crippen LogP contribution < -0.4 is 9.73 Å². The van der Waals surface area contributed by atoms with Crippen molar-refractivity contribution in [3.63, 3.8) is 0 Å². The Morgan fingerprint density at radius 3 is 2.52 bits per heavy atom. The van der Waals surface area contributed by atoms with Crippen LogP contribution in [0.2, 0.25) is 5.02 Å². The fraction of sp³-hybridized carbons (Fsp3) is 0.143. The number of nitrogens with one attached hydrogen (secondary N) is 1. The minimum Gasteiger partial charge on any atom is -0.459 e. The fourth-order valence-corrected chi connectivity index (χ4v) is 4.84. The molecule has 0 saturated heterocycles. The zero-order chi connectivity index (χ0) is 22.6. The Kier molecular flexibility index (Phi) is 7.19. The van der Waals surface area contributed by atoms with Crippen LogP contribution in [0.3, 0.4) is 0 Å². The number of hydrazone groups is 1. The maximum Gasteiger partial charge on any atom is 0.264 e. The van der Waals surface area contributed by atoms with Gasteiger partial charge in [0.15, 0.2) is 0 Å². The summed E-state index contributed by atoms with van der Waals surface area (Å²) < 4.78 is 33.8. The van der Waals surface area contributed by atoms with Gasteiger partial charge in [0.25, 0.3) is 15.9 Å². The molecule has 0 atom stereocenters. The quantitative estimate of drug-likeness (QED) is 0.359. The third-order valence-electron chi connectivity index (χ3n) is 4.30. The normalized spacial score (nSPS) is 11.6. The third-order valence-corrected chi connectivity index (χ3v) is 7.10. The summed E-state index contributed by atoms with van der Waals surface area (Å²) in [6.07, 6.45) is 1.33. The minimum absolute atomic E-state index is 0.0663. The number of anilines is 1.